The molecular weight excluding hydrogens is 382 g/mol. The SMILES string of the molecule is Cn1cc(-c2nc(CN3C(=O)N[C@]4(CCCc5sccc54)C3=O)cs2)cn1. The number of carbonyl (C=O) groups is 2. The molecule has 1 aliphatic carbocycles. The predicted molar refractivity (Wildman–Crippen MR) is 102 cm³/mol. The van der Waals surface area contributed by atoms with E-state index >= 15 is 0 Å². The number of carbonyl (C=O) groups excluding carboxylic acids is 2. The van der Waals surface area contributed by atoms with Gasteiger partial charge in [-0.2, -0.15) is 5.10 Å². The molecule has 9 heteroatoms. The highest BCUT2D eigenvalue weighted by molar-refractivity contribution is 7.13. The average Bonchev–Trinajstić information content (AvgIpc) is 3.41. The van der Waals surface area contributed by atoms with Gasteiger partial charge >= 0.3 is 6.03 Å². The summed E-state index contributed by atoms with van der Waals surface area (Å²) in [4.78, 5) is 33.0. The van der Waals surface area contributed by atoms with E-state index in [1.807, 2.05) is 30.1 Å². The quantitative estimate of drug-likeness (QED) is 0.687. The summed E-state index contributed by atoms with van der Waals surface area (Å²) in [5.74, 6) is -0.164. The van der Waals surface area contributed by atoms with Crippen LogP contribution in [-0.4, -0.2) is 31.6 Å². The molecule has 3 aromatic heterocycles. The first kappa shape index (κ1) is 16.6. The second-order valence-corrected chi connectivity index (χ2v) is 8.74. The van der Waals surface area contributed by atoms with Crippen LogP contribution in [0.2, 0.25) is 0 Å². The molecule has 0 aromatic carbocycles. The lowest BCUT2D eigenvalue weighted by Gasteiger charge is -2.31. The van der Waals surface area contributed by atoms with E-state index in [1.165, 1.54) is 21.1 Å². The van der Waals surface area contributed by atoms with Gasteiger partial charge in [-0.15, -0.1) is 22.7 Å². The molecule has 1 fully saturated rings. The topological polar surface area (TPSA) is 80.1 Å². The van der Waals surface area contributed by atoms with E-state index in [9.17, 15) is 9.59 Å². The summed E-state index contributed by atoms with van der Waals surface area (Å²) < 4.78 is 1.72. The minimum Gasteiger partial charge on any atom is -0.319 e. The largest absolute Gasteiger partial charge is 0.325 e. The van der Waals surface area contributed by atoms with E-state index in [1.54, 1.807) is 22.2 Å². The number of nitrogens with one attached hydrogen (secondary N) is 1. The van der Waals surface area contributed by atoms with Crippen LogP contribution in [0.4, 0.5) is 4.79 Å². The van der Waals surface area contributed by atoms with E-state index in [2.05, 4.69) is 15.4 Å². The molecule has 1 aliphatic heterocycles. The maximum absolute atomic E-state index is 13.2. The average molecular weight is 400 g/mol. The van der Waals surface area contributed by atoms with Crippen LogP contribution in [0.25, 0.3) is 10.6 Å². The number of hydrogen-bond donors (Lipinski definition) is 1. The molecule has 3 amide bonds. The molecule has 27 heavy (non-hydrogen) atoms. The Morgan fingerprint density at radius 1 is 1.33 bits per heavy atom. The van der Waals surface area contributed by atoms with E-state index in [0.717, 1.165) is 29.0 Å². The van der Waals surface area contributed by atoms with Gasteiger partial charge in [0.15, 0.2) is 0 Å². The van der Waals surface area contributed by atoms with Crippen LogP contribution in [0.1, 0.15) is 29.0 Å². The van der Waals surface area contributed by atoms with Gasteiger partial charge in [0, 0.05) is 34.6 Å². The minimum absolute atomic E-state index is 0.164. The van der Waals surface area contributed by atoms with Crippen LogP contribution < -0.4 is 5.32 Å². The molecule has 5 rings (SSSR count). The Morgan fingerprint density at radius 3 is 3.04 bits per heavy atom. The lowest BCUT2D eigenvalue weighted by atomic mass is 9.80. The zero-order valence-electron chi connectivity index (χ0n) is 14.6. The molecule has 0 radical (unpaired) electrons. The summed E-state index contributed by atoms with van der Waals surface area (Å²) in [7, 11) is 1.85. The van der Waals surface area contributed by atoms with Gasteiger partial charge in [0.2, 0.25) is 0 Å². The summed E-state index contributed by atoms with van der Waals surface area (Å²) in [6.07, 6.45) is 6.17. The molecule has 0 unspecified atom stereocenters. The third kappa shape index (κ3) is 2.53. The number of thiophene rings is 1. The van der Waals surface area contributed by atoms with Crippen LogP contribution in [0.5, 0.6) is 0 Å². The Bertz CT molecular complexity index is 1050. The van der Waals surface area contributed by atoms with Crippen molar-refractivity contribution in [3.8, 4) is 10.6 Å². The second-order valence-electron chi connectivity index (χ2n) is 6.88. The summed E-state index contributed by atoms with van der Waals surface area (Å²) in [6.45, 7) is 0.183. The van der Waals surface area contributed by atoms with Crippen LogP contribution in [0.15, 0.2) is 29.2 Å². The van der Waals surface area contributed by atoms with Gasteiger partial charge < -0.3 is 5.32 Å². The fourth-order valence-corrected chi connectivity index (χ4v) is 5.68. The molecule has 7 nitrogen and oxygen atoms in total. The van der Waals surface area contributed by atoms with Crippen molar-refractivity contribution < 1.29 is 9.59 Å². The maximum atomic E-state index is 13.2. The lowest BCUT2D eigenvalue weighted by Crippen LogP contribution is -2.46. The van der Waals surface area contributed by atoms with E-state index in [0.29, 0.717) is 12.1 Å². The molecule has 0 saturated carbocycles. The van der Waals surface area contributed by atoms with Crippen molar-refractivity contribution in [2.24, 2.45) is 7.05 Å². The maximum Gasteiger partial charge on any atom is 0.325 e. The molecule has 2 aliphatic rings. The van der Waals surface area contributed by atoms with Crippen molar-refractivity contribution in [3.63, 3.8) is 0 Å². The van der Waals surface area contributed by atoms with Gasteiger partial charge in [-0.1, -0.05) is 0 Å². The fourth-order valence-electron chi connectivity index (χ4n) is 3.89. The van der Waals surface area contributed by atoms with Gasteiger partial charge in [0.05, 0.1) is 18.4 Å². The van der Waals surface area contributed by atoms with Crippen LogP contribution in [0.3, 0.4) is 0 Å². The van der Waals surface area contributed by atoms with Crippen LogP contribution >= 0.6 is 22.7 Å². The predicted octanol–water partition coefficient (Wildman–Crippen LogP) is 2.89. The van der Waals surface area contributed by atoms with Gasteiger partial charge in [-0.3, -0.25) is 14.4 Å². The Kier molecular flexibility index (Phi) is 3.70. The zero-order chi connectivity index (χ0) is 18.6. The Balaban J connectivity index is 1.42. The number of thiazole rings is 1. The number of nitrogens with zero attached hydrogens (tertiary/aromatic N) is 4. The summed E-state index contributed by atoms with van der Waals surface area (Å²) in [6, 6.07) is 1.64. The molecule has 1 spiro atoms. The van der Waals surface area contributed by atoms with Crippen molar-refractivity contribution >= 4 is 34.6 Å². The van der Waals surface area contributed by atoms with Gasteiger partial charge in [-0.05, 0) is 30.7 Å². The molecule has 1 atom stereocenters. The summed E-state index contributed by atoms with van der Waals surface area (Å²) in [5, 5.41) is 11.9. The first-order valence-electron chi connectivity index (χ1n) is 8.71. The minimum atomic E-state index is -0.896. The third-order valence-corrected chi connectivity index (χ3v) is 7.08. The first-order chi connectivity index (χ1) is 13.1. The van der Waals surface area contributed by atoms with Crippen molar-refractivity contribution in [1.29, 1.82) is 0 Å². The van der Waals surface area contributed by atoms with Crippen LogP contribution in [-0.2, 0) is 30.3 Å². The van der Waals surface area contributed by atoms with E-state index in [4.69, 9.17) is 0 Å². The number of rotatable bonds is 3. The van der Waals surface area contributed by atoms with Gasteiger partial charge in [-0.25, -0.2) is 9.78 Å². The molecule has 3 aromatic rings. The Morgan fingerprint density at radius 2 is 2.22 bits per heavy atom. The third-order valence-electron chi connectivity index (χ3n) is 5.16. The highest BCUT2D eigenvalue weighted by atomic mass is 32.1. The number of imide groups is 1. The normalized spacial score (nSPS) is 21.7. The number of fused-ring (bicyclic) bond motifs is 2. The smallest absolute Gasteiger partial charge is 0.319 e. The monoisotopic (exact) mass is 399 g/mol. The highest BCUT2D eigenvalue weighted by Gasteiger charge is 2.54. The van der Waals surface area contributed by atoms with Gasteiger partial charge in [0.1, 0.15) is 10.5 Å². The number of amides is 3. The summed E-state index contributed by atoms with van der Waals surface area (Å²) in [5.41, 5.74) is 1.71. The van der Waals surface area contributed by atoms with Crippen molar-refractivity contribution in [2.45, 2.75) is 31.3 Å². The Labute approximate surface area is 163 Å². The van der Waals surface area contributed by atoms with Gasteiger partial charge in [0.25, 0.3) is 5.91 Å². The van der Waals surface area contributed by atoms with E-state index < -0.39 is 5.54 Å². The number of aromatic nitrogens is 3. The molecule has 1 N–H and O–H groups in total. The molecule has 0 bridgehead atoms. The standard InChI is InChI=1S/C18H17N5O2S2/c1-22-8-11(7-19-22)15-20-12(10-27-15)9-23-16(24)18(21-17(23)25)5-2-3-14-13(18)4-6-26-14/h4,6-8,10H,2-3,5,9H2,1H3,(H,21,25)/t18-/m0/s1. The van der Waals surface area contributed by atoms with Crippen molar-refractivity contribution in [2.75, 3.05) is 0 Å². The number of hydrogen-bond acceptors (Lipinski definition) is 6. The Hall–Kier alpha value is -2.52. The molecule has 138 valence electrons. The fraction of sp³-hybridized carbons (Fsp3) is 0.333. The zero-order valence-corrected chi connectivity index (χ0v) is 16.3. The van der Waals surface area contributed by atoms with Crippen molar-refractivity contribution in [3.05, 3.63) is 45.4 Å². The first-order valence-corrected chi connectivity index (χ1v) is 10.5. The highest BCUT2D eigenvalue weighted by Crippen LogP contribution is 2.42. The van der Waals surface area contributed by atoms with Crippen LogP contribution in [0, 0.1) is 0 Å². The number of aryl methyl sites for hydroxylation is 2. The molecule has 4 heterocycles. The van der Waals surface area contributed by atoms with Crippen molar-refractivity contribution in [1.82, 2.24) is 25.0 Å². The number of urea groups is 1. The lowest BCUT2D eigenvalue weighted by molar-refractivity contribution is -0.132. The summed E-state index contributed by atoms with van der Waals surface area (Å²) >= 11 is 3.14. The van der Waals surface area contributed by atoms with E-state index in [-0.39, 0.29) is 18.5 Å². The molecular formula is C18H17N5O2S2. The molecule has 1 saturated heterocycles. The second kappa shape index (κ2) is 6.00.